The van der Waals surface area contributed by atoms with E-state index in [9.17, 15) is 4.79 Å². The Morgan fingerprint density at radius 3 is 2.36 bits per heavy atom. The minimum Gasteiger partial charge on any atom is -0.493 e. The lowest BCUT2D eigenvalue weighted by atomic mass is 10.1. The number of aryl methyl sites for hydroxylation is 1. The number of aromatic nitrogens is 1. The molecular formula is C20H28N2O3. The second kappa shape index (κ2) is 8.10. The Labute approximate surface area is 149 Å². The second-order valence-electron chi connectivity index (χ2n) is 6.50. The predicted molar refractivity (Wildman–Crippen MR) is 99.4 cm³/mol. The van der Waals surface area contributed by atoms with Gasteiger partial charge in [0, 0.05) is 24.0 Å². The summed E-state index contributed by atoms with van der Waals surface area (Å²) < 4.78 is 12.8. The van der Waals surface area contributed by atoms with Gasteiger partial charge in [0.15, 0.2) is 11.5 Å². The molecule has 0 aliphatic heterocycles. The Hall–Kier alpha value is -2.43. The summed E-state index contributed by atoms with van der Waals surface area (Å²) in [5.41, 5.74) is 4.48. The fraction of sp³-hybridized carbons (Fsp3) is 0.450. The van der Waals surface area contributed by atoms with Gasteiger partial charge in [0.2, 0.25) is 5.91 Å². The van der Waals surface area contributed by atoms with Crippen molar-refractivity contribution >= 4 is 5.91 Å². The first-order valence-electron chi connectivity index (χ1n) is 8.52. The summed E-state index contributed by atoms with van der Waals surface area (Å²) in [7, 11) is 3.18. The smallest absolute Gasteiger partial charge is 0.224 e. The average Bonchev–Trinajstić information content (AvgIpc) is 2.86. The minimum atomic E-state index is -0.0124. The van der Waals surface area contributed by atoms with Gasteiger partial charge >= 0.3 is 0 Å². The van der Waals surface area contributed by atoms with Gasteiger partial charge in [-0.25, -0.2) is 0 Å². The van der Waals surface area contributed by atoms with E-state index in [0.717, 1.165) is 11.1 Å². The molecule has 0 radical (unpaired) electrons. The molecule has 1 N–H and O–H groups in total. The Kier molecular flexibility index (Phi) is 6.12. The summed E-state index contributed by atoms with van der Waals surface area (Å²) in [5, 5.41) is 3.01. The molecular weight excluding hydrogens is 316 g/mol. The van der Waals surface area contributed by atoms with Crippen molar-refractivity contribution in [3.63, 3.8) is 0 Å². The van der Waals surface area contributed by atoms with Crippen LogP contribution in [-0.4, -0.2) is 24.7 Å². The summed E-state index contributed by atoms with van der Waals surface area (Å²) in [5.74, 6) is 1.28. The summed E-state index contributed by atoms with van der Waals surface area (Å²) in [4.78, 5) is 12.3. The minimum absolute atomic E-state index is 0.0124. The molecule has 1 aromatic carbocycles. The fourth-order valence-corrected chi connectivity index (χ4v) is 3.25. The number of hydrogen-bond donors (Lipinski definition) is 1. The van der Waals surface area contributed by atoms with Crippen LogP contribution < -0.4 is 14.8 Å². The van der Waals surface area contributed by atoms with Crippen LogP contribution in [0.1, 0.15) is 42.4 Å². The SMILES string of the molecule is COc1ccc(CC(=O)NCc2cc(C)n(C(C)C)c2C)cc1OC. The summed E-state index contributed by atoms with van der Waals surface area (Å²) >= 11 is 0. The molecule has 25 heavy (non-hydrogen) atoms. The summed E-state index contributed by atoms with van der Waals surface area (Å²) in [6, 6.07) is 8.09. The highest BCUT2D eigenvalue weighted by Crippen LogP contribution is 2.27. The number of benzene rings is 1. The fourth-order valence-electron chi connectivity index (χ4n) is 3.25. The van der Waals surface area contributed by atoms with Crippen LogP contribution in [0.25, 0.3) is 0 Å². The van der Waals surface area contributed by atoms with Crippen LogP contribution in [0.3, 0.4) is 0 Å². The van der Waals surface area contributed by atoms with Gasteiger partial charge in [-0.2, -0.15) is 0 Å². The monoisotopic (exact) mass is 344 g/mol. The third-order valence-corrected chi connectivity index (χ3v) is 4.39. The Morgan fingerprint density at radius 2 is 1.80 bits per heavy atom. The Bertz CT molecular complexity index is 748. The van der Waals surface area contributed by atoms with Crippen molar-refractivity contribution in [2.24, 2.45) is 0 Å². The topological polar surface area (TPSA) is 52.5 Å². The maximum Gasteiger partial charge on any atom is 0.224 e. The van der Waals surface area contributed by atoms with E-state index in [4.69, 9.17) is 9.47 Å². The zero-order valence-corrected chi connectivity index (χ0v) is 16.0. The quantitative estimate of drug-likeness (QED) is 0.835. The summed E-state index contributed by atoms with van der Waals surface area (Å²) in [6.45, 7) is 9.07. The van der Waals surface area contributed by atoms with Crippen molar-refractivity contribution in [1.29, 1.82) is 0 Å². The lowest BCUT2D eigenvalue weighted by Gasteiger charge is -2.14. The molecule has 5 nitrogen and oxygen atoms in total. The molecule has 1 aromatic heterocycles. The number of carbonyl (C=O) groups is 1. The molecule has 0 saturated carbocycles. The number of methoxy groups -OCH3 is 2. The van der Waals surface area contributed by atoms with Gasteiger partial charge < -0.3 is 19.4 Å². The van der Waals surface area contributed by atoms with Crippen LogP contribution in [-0.2, 0) is 17.8 Å². The molecule has 0 fully saturated rings. The third kappa shape index (κ3) is 4.35. The van der Waals surface area contributed by atoms with Crippen molar-refractivity contribution < 1.29 is 14.3 Å². The molecule has 1 amide bonds. The lowest BCUT2D eigenvalue weighted by Crippen LogP contribution is -2.24. The number of hydrogen-bond acceptors (Lipinski definition) is 3. The van der Waals surface area contributed by atoms with E-state index in [-0.39, 0.29) is 5.91 Å². The number of ether oxygens (including phenoxy) is 2. The molecule has 136 valence electrons. The normalized spacial score (nSPS) is 10.8. The lowest BCUT2D eigenvalue weighted by molar-refractivity contribution is -0.120. The highest BCUT2D eigenvalue weighted by Gasteiger charge is 2.13. The van der Waals surface area contributed by atoms with Crippen molar-refractivity contribution in [3.8, 4) is 11.5 Å². The van der Waals surface area contributed by atoms with Gasteiger partial charge in [-0.3, -0.25) is 4.79 Å². The van der Waals surface area contributed by atoms with Gasteiger partial charge in [-0.1, -0.05) is 6.07 Å². The van der Waals surface area contributed by atoms with E-state index >= 15 is 0 Å². The molecule has 0 spiro atoms. The zero-order valence-electron chi connectivity index (χ0n) is 16.0. The molecule has 2 aromatic rings. The average molecular weight is 344 g/mol. The molecule has 0 bridgehead atoms. The van der Waals surface area contributed by atoms with Crippen molar-refractivity contribution in [2.45, 2.75) is 46.7 Å². The van der Waals surface area contributed by atoms with Crippen LogP contribution in [0, 0.1) is 13.8 Å². The zero-order chi connectivity index (χ0) is 18.6. The largest absolute Gasteiger partial charge is 0.493 e. The van der Waals surface area contributed by atoms with Gasteiger partial charge in [0.25, 0.3) is 0 Å². The highest BCUT2D eigenvalue weighted by atomic mass is 16.5. The first kappa shape index (κ1) is 18.9. The van der Waals surface area contributed by atoms with Crippen molar-refractivity contribution in [3.05, 3.63) is 46.8 Å². The van der Waals surface area contributed by atoms with Gasteiger partial charge in [-0.15, -0.1) is 0 Å². The van der Waals surface area contributed by atoms with E-state index in [1.54, 1.807) is 14.2 Å². The van der Waals surface area contributed by atoms with E-state index in [0.29, 0.717) is 30.5 Å². The van der Waals surface area contributed by atoms with E-state index in [1.165, 1.54) is 11.4 Å². The first-order chi connectivity index (χ1) is 11.9. The standard InChI is InChI=1S/C20H28N2O3/c1-13(2)22-14(3)9-17(15(22)4)12-21-20(23)11-16-7-8-18(24-5)19(10-16)25-6/h7-10,13H,11-12H2,1-6H3,(H,21,23). The Balaban J connectivity index is 2.01. The number of carbonyl (C=O) groups excluding carboxylic acids is 1. The van der Waals surface area contributed by atoms with Crippen LogP contribution in [0.15, 0.2) is 24.3 Å². The molecule has 2 rings (SSSR count). The Morgan fingerprint density at radius 1 is 1.12 bits per heavy atom. The van der Waals surface area contributed by atoms with E-state index in [1.807, 2.05) is 18.2 Å². The van der Waals surface area contributed by atoms with Gasteiger partial charge in [0.1, 0.15) is 0 Å². The number of amides is 1. The molecule has 0 unspecified atom stereocenters. The maximum absolute atomic E-state index is 12.3. The second-order valence-corrected chi connectivity index (χ2v) is 6.50. The molecule has 0 atom stereocenters. The first-order valence-corrected chi connectivity index (χ1v) is 8.52. The van der Waals surface area contributed by atoms with Crippen LogP contribution in [0.5, 0.6) is 11.5 Å². The summed E-state index contributed by atoms with van der Waals surface area (Å²) in [6.07, 6.45) is 0.309. The molecule has 0 aliphatic carbocycles. The third-order valence-electron chi connectivity index (χ3n) is 4.39. The van der Waals surface area contributed by atoms with E-state index < -0.39 is 0 Å². The molecule has 1 heterocycles. The van der Waals surface area contributed by atoms with Crippen LogP contribution in [0.2, 0.25) is 0 Å². The van der Waals surface area contributed by atoms with Gasteiger partial charge in [-0.05, 0) is 57.0 Å². The van der Waals surface area contributed by atoms with Crippen LogP contribution in [0.4, 0.5) is 0 Å². The molecule has 0 saturated heterocycles. The van der Waals surface area contributed by atoms with E-state index in [2.05, 4.69) is 43.6 Å². The number of nitrogens with one attached hydrogen (secondary N) is 1. The highest BCUT2D eigenvalue weighted by molar-refractivity contribution is 5.78. The number of rotatable bonds is 7. The van der Waals surface area contributed by atoms with Crippen molar-refractivity contribution in [1.82, 2.24) is 9.88 Å². The molecule has 5 heteroatoms. The molecule has 0 aliphatic rings. The maximum atomic E-state index is 12.3. The van der Waals surface area contributed by atoms with Crippen LogP contribution >= 0.6 is 0 Å². The van der Waals surface area contributed by atoms with Gasteiger partial charge in [0.05, 0.1) is 20.6 Å². The predicted octanol–water partition coefficient (Wildman–Crippen LogP) is 3.56. The van der Waals surface area contributed by atoms with Crippen molar-refractivity contribution in [2.75, 3.05) is 14.2 Å². The number of nitrogens with zero attached hydrogens (tertiary/aromatic N) is 1.